The number of imide groups is 1. The van der Waals surface area contributed by atoms with Gasteiger partial charge in [0.2, 0.25) is 27.7 Å². The molecule has 0 unspecified atom stereocenters. The summed E-state index contributed by atoms with van der Waals surface area (Å²) in [7, 11) is -3.81. The highest BCUT2D eigenvalue weighted by Crippen LogP contribution is 2.30. The highest BCUT2D eigenvalue weighted by atomic mass is 32.2. The lowest BCUT2D eigenvalue weighted by Gasteiger charge is -2.21. The summed E-state index contributed by atoms with van der Waals surface area (Å²) >= 11 is 0. The van der Waals surface area contributed by atoms with Crippen LogP contribution in [0.25, 0.3) is 0 Å². The second-order valence-corrected chi connectivity index (χ2v) is 8.01. The fourth-order valence-electron chi connectivity index (χ4n) is 2.91. The van der Waals surface area contributed by atoms with E-state index in [1.165, 1.54) is 22.5 Å². The Kier molecular flexibility index (Phi) is 7.14. The Balaban J connectivity index is 2.28. The van der Waals surface area contributed by atoms with E-state index in [0.717, 1.165) is 4.90 Å². The van der Waals surface area contributed by atoms with E-state index < -0.39 is 34.3 Å². The first-order valence-corrected chi connectivity index (χ1v) is 10.6. The van der Waals surface area contributed by atoms with Gasteiger partial charge in [-0.25, -0.2) is 8.42 Å². The van der Waals surface area contributed by atoms with Crippen LogP contribution in [0, 0.1) is 0 Å². The molecule has 1 aromatic carbocycles. The van der Waals surface area contributed by atoms with Crippen LogP contribution in [0.15, 0.2) is 23.1 Å². The maximum atomic E-state index is 12.9. The number of anilines is 1. The second kappa shape index (κ2) is 9.16. The molecule has 1 aliphatic rings. The van der Waals surface area contributed by atoms with Crippen LogP contribution in [-0.2, 0) is 24.4 Å². The molecule has 1 aromatic rings. The highest BCUT2D eigenvalue weighted by Gasteiger charge is 2.31. The monoisotopic (exact) mass is 411 g/mol. The Hall–Kier alpha value is -2.46. The minimum atomic E-state index is -3.81. The van der Waals surface area contributed by atoms with Crippen molar-refractivity contribution in [2.24, 2.45) is 0 Å². The molecule has 2 rings (SSSR count). The highest BCUT2D eigenvalue weighted by molar-refractivity contribution is 7.89. The third-order valence-electron chi connectivity index (χ3n) is 4.31. The molecule has 10 heteroatoms. The third-order valence-corrected chi connectivity index (χ3v) is 6.38. The summed E-state index contributed by atoms with van der Waals surface area (Å²) in [6, 6.07) is 4.31. The Bertz CT molecular complexity index is 848. The third kappa shape index (κ3) is 4.68. The van der Waals surface area contributed by atoms with Crippen molar-refractivity contribution in [3.8, 4) is 5.75 Å². The number of nitrogens with one attached hydrogen (secondary N) is 1. The number of hydrogen-bond donors (Lipinski definition) is 1. The van der Waals surface area contributed by atoms with Crippen LogP contribution < -0.4 is 10.1 Å². The second-order valence-electron chi connectivity index (χ2n) is 6.11. The minimum absolute atomic E-state index is 0.0517. The molecular formula is C18H25N3O6S. The molecule has 1 fully saturated rings. The Morgan fingerprint density at radius 1 is 1.14 bits per heavy atom. The van der Waals surface area contributed by atoms with E-state index in [0.29, 0.717) is 13.1 Å². The Morgan fingerprint density at radius 3 is 2.29 bits per heavy atom. The van der Waals surface area contributed by atoms with E-state index in [9.17, 15) is 22.8 Å². The van der Waals surface area contributed by atoms with Crippen molar-refractivity contribution in [1.29, 1.82) is 0 Å². The molecule has 28 heavy (non-hydrogen) atoms. The average Bonchev–Trinajstić information content (AvgIpc) is 2.95. The molecule has 0 aliphatic carbocycles. The molecule has 1 saturated heterocycles. The quantitative estimate of drug-likeness (QED) is 0.611. The van der Waals surface area contributed by atoms with Gasteiger partial charge in [-0.2, -0.15) is 4.31 Å². The fraction of sp³-hybridized carbons (Fsp3) is 0.500. The van der Waals surface area contributed by atoms with Gasteiger partial charge in [0, 0.05) is 31.6 Å². The number of carbonyl (C=O) groups excluding carboxylic acids is 3. The van der Waals surface area contributed by atoms with Gasteiger partial charge >= 0.3 is 0 Å². The van der Waals surface area contributed by atoms with E-state index in [4.69, 9.17) is 4.74 Å². The summed E-state index contributed by atoms with van der Waals surface area (Å²) in [6.07, 6.45) is 0.197. The van der Waals surface area contributed by atoms with E-state index in [-0.39, 0.29) is 35.8 Å². The summed E-state index contributed by atoms with van der Waals surface area (Å²) in [4.78, 5) is 36.4. The number of amides is 3. The van der Waals surface area contributed by atoms with E-state index in [1.807, 2.05) is 0 Å². The van der Waals surface area contributed by atoms with Crippen molar-refractivity contribution in [2.45, 2.75) is 38.5 Å². The van der Waals surface area contributed by atoms with Crippen LogP contribution in [0.1, 0.15) is 33.6 Å². The first kappa shape index (κ1) is 21.8. The molecule has 0 atom stereocenters. The number of sulfonamides is 1. The number of nitrogens with zero attached hydrogens (tertiary/aromatic N) is 2. The standard InChI is InChI=1S/C18H25N3O6S/c1-4-20(5-2)28(25,26)15-11-13(7-8-14(15)27-6-3)19-16(22)12-21-17(23)9-10-18(21)24/h7-8,11H,4-6,9-10,12H2,1-3H3,(H,19,22). The molecule has 1 aliphatic heterocycles. The van der Waals surface area contributed by atoms with E-state index in [2.05, 4.69) is 5.32 Å². The van der Waals surface area contributed by atoms with Crippen LogP contribution in [0.2, 0.25) is 0 Å². The Labute approximate surface area is 164 Å². The smallest absolute Gasteiger partial charge is 0.246 e. The van der Waals surface area contributed by atoms with Gasteiger partial charge in [-0.15, -0.1) is 0 Å². The van der Waals surface area contributed by atoms with Gasteiger partial charge in [0.25, 0.3) is 0 Å². The molecule has 1 N–H and O–H groups in total. The van der Waals surface area contributed by atoms with Crippen LogP contribution >= 0.6 is 0 Å². The van der Waals surface area contributed by atoms with Crippen LogP contribution in [0.3, 0.4) is 0 Å². The molecule has 0 aromatic heterocycles. The van der Waals surface area contributed by atoms with Crippen molar-refractivity contribution < 1.29 is 27.5 Å². The molecule has 0 spiro atoms. The van der Waals surface area contributed by atoms with Crippen molar-refractivity contribution in [2.75, 3.05) is 31.6 Å². The topological polar surface area (TPSA) is 113 Å². The minimum Gasteiger partial charge on any atom is -0.492 e. The van der Waals surface area contributed by atoms with Gasteiger partial charge in [0.1, 0.15) is 17.2 Å². The molecule has 154 valence electrons. The van der Waals surface area contributed by atoms with Gasteiger partial charge in [0.15, 0.2) is 0 Å². The predicted octanol–water partition coefficient (Wildman–Crippen LogP) is 1.20. The maximum absolute atomic E-state index is 12.9. The summed E-state index contributed by atoms with van der Waals surface area (Å²) in [5.41, 5.74) is 0.235. The number of likely N-dealkylation sites (tertiary alicyclic amines) is 1. The SMILES string of the molecule is CCOc1ccc(NC(=O)CN2C(=O)CCC2=O)cc1S(=O)(=O)N(CC)CC. The number of carbonyl (C=O) groups is 3. The summed E-state index contributed by atoms with van der Waals surface area (Å²) in [6.45, 7) is 5.68. The first-order valence-electron chi connectivity index (χ1n) is 9.14. The first-order chi connectivity index (χ1) is 13.2. The number of ether oxygens (including phenoxy) is 1. The number of rotatable bonds is 9. The zero-order chi connectivity index (χ0) is 20.9. The number of benzene rings is 1. The largest absolute Gasteiger partial charge is 0.492 e. The molecule has 0 radical (unpaired) electrons. The van der Waals surface area contributed by atoms with Crippen molar-refractivity contribution in [1.82, 2.24) is 9.21 Å². The normalized spacial score (nSPS) is 14.6. The molecular weight excluding hydrogens is 386 g/mol. The van der Waals surface area contributed by atoms with E-state index in [1.54, 1.807) is 20.8 Å². The summed E-state index contributed by atoms with van der Waals surface area (Å²) < 4.78 is 32.6. The lowest BCUT2D eigenvalue weighted by molar-refractivity contribution is -0.141. The van der Waals surface area contributed by atoms with Gasteiger partial charge in [-0.1, -0.05) is 13.8 Å². The van der Waals surface area contributed by atoms with Crippen molar-refractivity contribution in [3.05, 3.63) is 18.2 Å². The Morgan fingerprint density at radius 2 is 1.75 bits per heavy atom. The maximum Gasteiger partial charge on any atom is 0.246 e. The predicted molar refractivity (Wildman–Crippen MR) is 102 cm³/mol. The van der Waals surface area contributed by atoms with Crippen molar-refractivity contribution in [3.63, 3.8) is 0 Å². The molecule has 3 amide bonds. The van der Waals surface area contributed by atoms with Crippen LogP contribution in [-0.4, -0.2) is 61.6 Å². The van der Waals surface area contributed by atoms with Gasteiger partial charge in [-0.3, -0.25) is 19.3 Å². The van der Waals surface area contributed by atoms with Crippen LogP contribution in [0.4, 0.5) is 5.69 Å². The summed E-state index contributed by atoms with van der Waals surface area (Å²) in [5.74, 6) is -1.18. The molecule has 0 bridgehead atoms. The van der Waals surface area contributed by atoms with Crippen LogP contribution in [0.5, 0.6) is 5.75 Å². The van der Waals surface area contributed by atoms with Gasteiger partial charge in [0.05, 0.1) is 6.61 Å². The average molecular weight is 411 g/mol. The molecule has 1 heterocycles. The zero-order valence-corrected chi connectivity index (χ0v) is 17.0. The number of hydrogen-bond acceptors (Lipinski definition) is 6. The zero-order valence-electron chi connectivity index (χ0n) is 16.2. The summed E-state index contributed by atoms with van der Waals surface area (Å²) in [5, 5.41) is 2.54. The van der Waals surface area contributed by atoms with Crippen molar-refractivity contribution >= 4 is 33.4 Å². The van der Waals surface area contributed by atoms with E-state index >= 15 is 0 Å². The van der Waals surface area contributed by atoms with Gasteiger partial charge in [-0.05, 0) is 25.1 Å². The molecule has 9 nitrogen and oxygen atoms in total. The lowest BCUT2D eigenvalue weighted by Crippen LogP contribution is -2.37. The molecule has 0 saturated carbocycles. The fourth-order valence-corrected chi connectivity index (χ4v) is 4.52. The lowest BCUT2D eigenvalue weighted by atomic mass is 10.3. The van der Waals surface area contributed by atoms with Gasteiger partial charge < -0.3 is 10.1 Å².